The minimum absolute atomic E-state index is 0.0438. The fourth-order valence-electron chi connectivity index (χ4n) is 2.50. The molecule has 4 nitrogen and oxygen atoms in total. The van der Waals surface area contributed by atoms with Gasteiger partial charge in [0.05, 0.1) is 23.9 Å². The van der Waals surface area contributed by atoms with Crippen molar-refractivity contribution in [1.82, 2.24) is 0 Å². The lowest BCUT2D eigenvalue weighted by Crippen LogP contribution is -2.21. The van der Waals surface area contributed by atoms with Crippen LogP contribution in [0.25, 0.3) is 0 Å². The highest BCUT2D eigenvalue weighted by atomic mass is 79.9. The lowest BCUT2D eigenvalue weighted by atomic mass is 9.99. The third-order valence-corrected chi connectivity index (χ3v) is 3.99. The first-order valence-electron chi connectivity index (χ1n) is 6.66. The number of nitrogens with one attached hydrogen (secondary N) is 1. The second-order valence-electron chi connectivity index (χ2n) is 4.87. The van der Waals surface area contributed by atoms with Gasteiger partial charge in [0.2, 0.25) is 0 Å². The summed E-state index contributed by atoms with van der Waals surface area (Å²) in [6.45, 7) is 0.616. The van der Waals surface area contributed by atoms with Crippen molar-refractivity contribution < 1.29 is 14.6 Å². The topological polar surface area (TPSA) is 58.6 Å². The van der Waals surface area contributed by atoms with E-state index >= 15 is 0 Å². The largest absolute Gasteiger partial charge is 0.493 e. The quantitative estimate of drug-likeness (QED) is 0.878. The fourth-order valence-corrected chi connectivity index (χ4v) is 2.86. The fraction of sp³-hybridized carbons (Fsp3) is 0.188. The van der Waals surface area contributed by atoms with Crippen molar-refractivity contribution in [2.24, 2.45) is 0 Å². The highest BCUT2D eigenvalue weighted by molar-refractivity contribution is 9.10. The molecule has 2 aromatic rings. The number of fused-ring (bicyclic) bond motifs is 1. The third-order valence-electron chi connectivity index (χ3n) is 3.50. The second kappa shape index (κ2) is 5.77. The number of hydrogen-bond acceptors (Lipinski definition) is 3. The van der Waals surface area contributed by atoms with Crippen molar-refractivity contribution in [3.8, 4) is 5.75 Å². The molecule has 1 aliphatic heterocycles. The van der Waals surface area contributed by atoms with E-state index in [-0.39, 0.29) is 11.6 Å². The number of carbonyl (C=O) groups is 1. The van der Waals surface area contributed by atoms with Crippen LogP contribution in [0.15, 0.2) is 46.9 Å². The summed E-state index contributed by atoms with van der Waals surface area (Å²) in [6.07, 6.45) is 0.794. The van der Waals surface area contributed by atoms with Gasteiger partial charge in [0.1, 0.15) is 5.75 Å². The number of ether oxygens (including phenoxy) is 1. The normalized spacial score (nSPS) is 16.7. The third kappa shape index (κ3) is 2.88. The van der Waals surface area contributed by atoms with E-state index in [0.717, 1.165) is 22.2 Å². The highest BCUT2D eigenvalue weighted by Crippen LogP contribution is 2.35. The molecule has 0 saturated carbocycles. The molecule has 0 amide bonds. The SMILES string of the molecule is O=C(O)c1ccc(Br)cc1NC1CCOc2ccccc21. The van der Waals surface area contributed by atoms with E-state index in [1.165, 1.54) is 0 Å². The maximum absolute atomic E-state index is 11.3. The van der Waals surface area contributed by atoms with Crippen LogP contribution in [-0.2, 0) is 0 Å². The molecule has 3 rings (SSSR count). The summed E-state index contributed by atoms with van der Waals surface area (Å²) in [5.74, 6) is -0.0848. The number of para-hydroxylation sites is 1. The Labute approximate surface area is 130 Å². The van der Waals surface area contributed by atoms with Crippen LogP contribution in [0.5, 0.6) is 5.75 Å². The lowest BCUT2D eigenvalue weighted by molar-refractivity contribution is 0.0698. The Morgan fingerprint density at radius 1 is 1.29 bits per heavy atom. The first-order chi connectivity index (χ1) is 10.1. The first-order valence-corrected chi connectivity index (χ1v) is 7.45. The van der Waals surface area contributed by atoms with Gasteiger partial charge in [0.15, 0.2) is 0 Å². The molecule has 21 heavy (non-hydrogen) atoms. The Kier molecular flexibility index (Phi) is 3.84. The molecule has 2 aromatic carbocycles. The molecule has 1 atom stereocenters. The summed E-state index contributed by atoms with van der Waals surface area (Å²) in [6, 6.07) is 13.0. The molecule has 0 fully saturated rings. The zero-order valence-corrected chi connectivity index (χ0v) is 12.8. The van der Waals surface area contributed by atoms with Gasteiger partial charge in [0, 0.05) is 16.5 Å². The summed E-state index contributed by atoms with van der Waals surface area (Å²) < 4.78 is 6.47. The molecule has 0 aliphatic carbocycles. The zero-order valence-electron chi connectivity index (χ0n) is 11.2. The Hall–Kier alpha value is -2.01. The number of benzene rings is 2. The molecule has 1 aliphatic rings. The van der Waals surface area contributed by atoms with E-state index in [9.17, 15) is 9.90 Å². The van der Waals surface area contributed by atoms with E-state index < -0.39 is 5.97 Å². The van der Waals surface area contributed by atoms with Gasteiger partial charge in [-0.05, 0) is 24.3 Å². The molecular weight excluding hydrogens is 334 g/mol. The van der Waals surface area contributed by atoms with Crippen LogP contribution in [0.1, 0.15) is 28.4 Å². The van der Waals surface area contributed by atoms with Gasteiger partial charge in [-0.25, -0.2) is 4.79 Å². The van der Waals surface area contributed by atoms with Crippen LogP contribution in [0, 0.1) is 0 Å². The lowest BCUT2D eigenvalue weighted by Gasteiger charge is -2.28. The van der Waals surface area contributed by atoms with Crippen molar-refractivity contribution in [3.05, 3.63) is 58.1 Å². The predicted molar refractivity (Wildman–Crippen MR) is 84.0 cm³/mol. The van der Waals surface area contributed by atoms with Crippen LogP contribution in [0.4, 0.5) is 5.69 Å². The van der Waals surface area contributed by atoms with E-state index in [4.69, 9.17) is 4.74 Å². The van der Waals surface area contributed by atoms with Crippen molar-refractivity contribution in [1.29, 1.82) is 0 Å². The van der Waals surface area contributed by atoms with Gasteiger partial charge in [-0.15, -0.1) is 0 Å². The first kappa shape index (κ1) is 13.9. The maximum Gasteiger partial charge on any atom is 0.337 e. The summed E-state index contributed by atoms with van der Waals surface area (Å²) in [5.41, 5.74) is 1.93. The van der Waals surface area contributed by atoms with Crippen molar-refractivity contribution in [2.45, 2.75) is 12.5 Å². The van der Waals surface area contributed by atoms with Crippen LogP contribution in [0.3, 0.4) is 0 Å². The summed E-state index contributed by atoms with van der Waals surface area (Å²) in [5, 5.41) is 12.6. The molecule has 1 heterocycles. The number of aromatic carboxylic acids is 1. The molecule has 0 radical (unpaired) electrons. The Balaban J connectivity index is 1.95. The van der Waals surface area contributed by atoms with Gasteiger partial charge in [-0.1, -0.05) is 34.1 Å². The van der Waals surface area contributed by atoms with E-state index in [0.29, 0.717) is 12.3 Å². The standard InChI is InChI=1S/C16H14BrNO3/c17-10-5-6-12(16(19)20)14(9-10)18-13-7-8-21-15-4-2-1-3-11(13)15/h1-6,9,13,18H,7-8H2,(H,19,20). The van der Waals surface area contributed by atoms with Gasteiger partial charge in [0.25, 0.3) is 0 Å². The highest BCUT2D eigenvalue weighted by Gasteiger charge is 2.22. The van der Waals surface area contributed by atoms with Gasteiger partial charge >= 0.3 is 5.97 Å². The molecule has 0 bridgehead atoms. The van der Waals surface area contributed by atoms with Crippen LogP contribution in [0.2, 0.25) is 0 Å². The number of carboxylic acids is 1. The molecular formula is C16H14BrNO3. The van der Waals surface area contributed by atoms with Gasteiger partial charge < -0.3 is 15.2 Å². The molecule has 108 valence electrons. The molecule has 2 N–H and O–H groups in total. The van der Waals surface area contributed by atoms with E-state index in [1.807, 2.05) is 24.3 Å². The minimum Gasteiger partial charge on any atom is -0.493 e. The number of halogens is 1. The zero-order chi connectivity index (χ0) is 14.8. The van der Waals surface area contributed by atoms with E-state index in [1.54, 1.807) is 18.2 Å². The summed E-state index contributed by atoms with van der Waals surface area (Å²) in [7, 11) is 0. The number of rotatable bonds is 3. The minimum atomic E-state index is -0.939. The maximum atomic E-state index is 11.3. The molecule has 1 unspecified atom stereocenters. The van der Waals surface area contributed by atoms with Crippen molar-refractivity contribution >= 4 is 27.6 Å². The van der Waals surface area contributed by atoms with Crippen LogP contribution >= 0.6 is 15.9 Å². The Bertz CT molecular complexity index is 687. The number of carboxylic acid groups (broad SMARTS) is 1. The van der Waals surface area contributed by atoms with Crippen LogP contribution in [-0.4, -0.2) is 17.7 Å². The van der Waals surface area contributed by atoms with Gasteiger partial charge in [-0.3, -0.25) is 0 Å². The van der Waals surface area contributed by atoms with Gasteiger partial charge in [-0.2, -0.15) is 0 Å². The van der Waals surface area contributed by atoms with Crippen molar-refractivity contribution in [3.63, 3.8) is 0 Å². The predicted octanol–water partition coefficient (Wildman–Crippen LogP) is 4.08. The molecule has 0 spiro atoms. The number of hydrogen-bond donors (Lipinski definition) is 2. The second-order valence-corrected chi connectivity index (χ2v) is 5.78. The monoisotopic (exact) mass is 347 g/mol. The van der Waals surface area contributed by atoms with Crippen molar-refractivity contribution in [2.75, 3.05) is 11.9 Å². The molecule has 0 saturated heterocycles. The van der Waals surface area contributed by atoms with E-state index in [2.05, 4.69) is 21.2 Å². The number of anilines is 1. The molecule has 5 heteroatoms. The average Bonchev–Trinajstić information content (AvgIpc) is 2.47. The smallest absolute Gasteiger partial charge is 0.337 e. The Morgan fingerprint density at radius 2 is 2.10 bits per heavy atom. The van der Waals surface area contributed by atoms with Crippen LogP contribution < -0.4 is 10.1 Å². The summed E-state index contributed by atoms with van der Waals surface area (Å²) in [4.78, 5) is 11.3. The Morgan fingerprint density at radius 3 is 2.90 bits per heavy atom. The molecule has 0 aromatic heterocycles. The summed E-state index contributed by atoms with van der Waals surface area (Å²) >= 11 is 3.38. The average molecular weight is 348 g/mol.